The average Bonchev–Trinajstić information content (AvgIpc) is 3.49. The van der Waals surface area contributed by atoms with Crippen molar-refractivity contribution in [1.82, 2.24) is 25.1 Å². The maximum atomic E-state index is 13.4. The Labute approximate surface area is 305 Å². The second-order valence-electron chi connectivity index (χ2n) is 14.0. The van der Waals surface area contributed by atoms with Gasteiger partial charge in [0.15, 0.2) is 5.75 Å². The van der Waals surface area contributed by atoms with Crippen molar-refractivity contribution < 1.29 is 32.3 Å². The number of anilines is 2. The van der Waals surface area contributed by atoms with Crippen molar-refractivity contribution in [2.24, 2.45) is 0 Å². The van der Waals surface area contributed by atoms with Crippen LogP contribution in [-0.4, -0.2) is 96.0 Å². The first kappa shape index (κ1) is 36.1. The van der Waals surface area contributed by atoms with E-state index in [0.717, 1.165) is 62.9 Å². The fourth-order valence-corrected chi connectivity index (χ4v) is 7.68. The Kier molecular flexibility index (Phi) is 10.5. The number of rotatable bonds is 10. The molecule has 2 aromatic carbocycles. The van der Waals surface area contributed by atoms with Gasteiger partial charge in [-0.25, -0.2) is 9.97 Å². The first-order valence-corrected chi connectivity index (χ1v) is 18.1. The minimum Gasteiger partial charge on any atom is -0.490 e. The molecule has 0 radical (unpaired) electrons. The summed E-state index contributed by atoms with van der Waals surface area (Å²) in [5.41, 5.74) is 1.78. The number of carbonyl (C=O) groups is 3. The quantitative estimate of drug-likeness (QED) is 0.235. The van der Waals surface area contributed by atoms with Crippen molar-refractivity contribution in [3.05, 3.63) is 76.9 Å². The molecule has 0 saturated carbocycles. The van der Waals surface area contributed by atoms with Gasteiger partial charge in [0.2, 0.25) is 11.8 Å². The first-order chi connectivity index (χ1) is 25.6. The molecule has 1 atom stereocenters. The third kappa shape index (κ3) is 8.07. The SMILES string of the molecule is N#Cc1ccc(N2CCC(c3ncc(OCCCCN4CCN(c5ccc6c(c5)CN(C5CCC(=O)NC5=O)C6=O)CC4)cn3)CC2)cc1C(F)(F)F. The molecule has 5 heterocycles. The van der Waals surface area contributed by atoms with Crippen LogP contribution in [0.15, 0.2) is 48.8 Å². The van der Waals surface area contributed by atoms with Crippen LogP contribution >= 0.6 is 0 Å². The van der Waals surface area contributed by atoms with Crippen LogP contribution in [-0.2, 0) is 22.3 Å². The van der Waals surface area contributed by atoms with E-state index in [1.807, 2.05) is 17.0 Å². The molecule has 0 spiro atoms. The minimum atomic E-state index is -4.58. The van der Waals surface area contributed by atoms with Crippen molar-refractivity contribution in [3.8, 4) is 11.8 Å². The molecule has 15 heteroatoms. The number of unbranched alkanes of at least 4 members (excludes halogenated alkanes) is 1. The number of hydrogen-bond donors (Lipinski definition) is 1. The van der Waals surface area contributed by atoms with Crippen molar-refractivity contribution in [3.63, 3.8) is 0 Å². The standard InChI is InChI=1S/C38H41F3N8O4/c39-38(40,41)32-20-29(4-3-26(32)21-42)47-12-9-25(10-13-47)35-43-22-30(23-44-35)53-18-2-1-11-46-14-16-48(17-15-46)28-5-6-31-27(19-28)24-49(37(31)52)33-7-8-34(50)45-36(33)51/h3-6,19-20,22-23,25,33H,1-2,7-18,24H2,(H,45,50,51). The Morgan fingerprint density at radius 3 is 2.28 bits per heavy atom. The second kappa shape index (κ2) is 15.4. The molecular formula is C38H41F3N8O4. The van der Waals surface area contributed by atoms with Crippen molar-refractivity contribution in [1.29, 1.82) is 5.26 Å². The van der Waals surface area contributed by atoms with E-state index in [2.05, 4.69) is 31.2 Å². The van der Waals surface area contributed by atoms with E-state index in [-0.39, 0.29) is 29.7 Å². The number of nitriles is 1. The lowest BCUT2D eigenvalue weighted by molar-refractivity contribution is -0.138. The molecule has 4 aliphatic rings. The van der Waals surface area contributed by atoms with Crippen molar-refractivity contribution >= 4 is 29.1 Å². The number of ether oxygens (including phenoxy) is 1. The number of hydrogen-bond acceptors (Lipinski definition) is 10. The van der Waals surface area contributed by atoms with Crippen molar-refractivity contribution in [2.45, 2.75) is 63.2 Å². The molecule has 3 amide bonds. The average molecular weight is 731 g/mol. The normalized spacial score (nSPS) is 20.0. The van der Waals surface area contributed by atoms with Gasteiger partial charge in [0.25, 0.3) is 5.91 Å². The number of nitrogens with zero attached hydrogens (tertiary/aromatic N) is 7. The number of nitrogens with one attached hydrogen (secondary N) is 1. The third-order valence-electron chi connectivity index (χ3n) is 10.7. The maximum Gasteiger partial charge on any atom is 0.417 e. The van der Waals surface area contributed by atoms with Crippen LogP contribution in [0.25, 0.3) is 0 Å². The highest BCUT2D eigenvalue weighted by molar-refractivity contribution is 6.05. The van der Waals surface area contributed by atoms with Gasteiger partial charge >= 0.3 is 6.18 Å². The van der Waals surface area contributed by atoms with Gasteiger partial charge in [0.1, 0.15) is 11.9 Å². The summed E-state index contributed by atoms with van der Waals surface area (Å²) in [5.74, 6) is 0.551. The Hall–Kier alpha value is -5.23. The molecule has 53 heavy (non-hydrogen) atoms. The zero-order valence-corrected chi connectivity index (χ0v) is 29.3. The zero-order valence-electron chi connectivity index (χ0n) is 29.3. The van der Waals surface area contributed by atoms with Gasteiger partial charge in [0, 0.05) is 75.1 Å². The zero-order chi connectivity index (χ0) is 37.1. The van der Waals surface area contributed by atoms with Gasteiger partial charge in [-0.2, -0.15) is 18.4 Å². The third-order valence-corrected chi connectivity index (χ3v) is 10.7. The predicted molar refractivity (Wildman–Crippen MR) is 188 cm³/mol. The molecule has 12 nitrogen and oxygen atoms in total. The second-order valence-corrected chi connectivity index (χ2v) is 14.0. The van der Waals surface area contributed by atoms with E-state index in [0.29, 0.717) is 68.3 Å². The molecular weight excluding hydrogens is 689 g/mol. The summed E-state index contributed by atoms with van der Waals surface area (Å²) in [6.07, 6.45) is 2.65. The summed E-state index contributed by atoms with van der Waals surface area (Å²) in [6.45, 7) is 6.61. The molecule has 3 aromatic rings. The molecule has 0 aliphatic carbocycles. The Morgan fingerprint density at radius 2 is 1.58 bits per heavy atom. The number of amides is 3. The van der Waals surface area contributed by atoms with Crippen LogP contribution in [0.3, 0.4) is 0 Å². The van der Waals surface area contributed by atoms with E-state index in [1.54, 1.807) is 29.4 Å². The maximum absolute atomic E-state index is 13.4. The number of aromatic nitrogens is 2. The van der Waals surface area contributed by atoms with E-state index >= 15 is 0 Å². The predicted octanol–water partition coefficient (Wildman–Crippen LogP) is 4.49. The van der Waals surface area contributed by atoms with Crippen LogP contribution < -0.4 is 19.9 Å². The lowest BCUT2D eigenvalue weighted by Crippen LogP contribution is -2.52. The monoisotopic (exact) mass is 730 g/mol. The number of fused-ring (bicyclic) bond motifs is 1. The molecule has 3 saturated heterocycles. The fraction of sp³-hybridized carbons (Fsp3) is 0.474. The number of carbonyl (C=O) groups excluding carboxylic acids is 3. The summed E-state index contributed by atoms with van der Waals surface area (Å²) in [5, 5.41) is 11.4. The van der Waals surface area contributed by atoms with Crippen LogP contribution in [0.2, 0.25) is 0 Å². The Bertz CT molecular complexity index is 1880. The molecule has 7 rings (SSSR count). The number of imide groups is 1. The van der Waals surface area contributed by atoms with Gasteiger partial charge in [-0.15, -0.1) is 0 Å². The highest BCUT2D eigenvalue weighted by atomic mass is 19.4. The van der Waals surface area contributed by atoms with Gasteiger partial charge < -0.3 is 19.4 Å². The van der Waals surface area contributed by atoms with Gasteiger partial charge in [-0.1, -0.05) is 0 Å². The molecule has 0 bridgehead atoms. The summed E-state index contributed by atoms with van der Waals surface area (Å²) in [6, 6.07) is 10.8. The van der Waals surface area contributed by atoms with Crippen LogP contribution in [0.4, 0.5) is 24.5 Å². The first-order valence-electron chi connectivity index (χ1n) is 18.1. The van der Waals surface area contributed by atoms with Gasteiger partial charge in [0.05, 0.1) is 36.2 Å². The lowest BCUT2D eigenvalue weighted by Gasteiger charge is -2.36. The molecule has 4 aliphatic heterocycles. The van der Waals surface area contributed by atoms with Crippen molar-refractivity contribution in [2.75, 3.05) is 62.2 Å². The summed E-state index contributed by atoms with van der Waals surface area (Å²) in [4.78, 5) is 54.3. The largest absolute Gasteiger partial charge is 0.490 e. The van der Waals surface area contributed by atoms with Gasteiger partial charge in [-0.05, 0) is 80.6 Å². The number of alkyl halides is 3. The van der Waals surface area contributed by atoms with E-state index in [4.69, 9.17) is 10.00 Å². The van der Waals surface area contributed by atoms with E-state index in [9.17, 15) is 27.6 Å². The van der Waals surface area contributed by atoms with Crippen LogP contribution in [0, 0.1) is 11.3 Å². The lowest BCUT2D eigenvalue weighted by atomic mass is 9.95. The molecule has 1 aromatic heterocycles. The Balaban J connectivity index is 0.800. The number of halogens is 3. The van der Waals surface area contributed by atoms with Crippen LogP contribution in [0.1, 0.15) is 77.3 Å². The van der Waals surface area contributed by atoms with Gasteiger partial charge in [-0.3, -0.25) is 24.6 Å². The molecule has 1 N–H and O–H groups in total. The summed E-state index contributed by atoms with van der Waals surface area (Å²) in [7, 11) is 0. The number of benzene rings is 2. The molecule has 3 fully saturated rings. The van der Waals surface area contributed by atoms with E-state index in [1.165, 1.54) is 6.07 Å². The minimum absolute atomic E-state index is 0.100. The highest BCUT2D eigenvalue weighted by Gasteiger charge is 2.39. The topological polar surface area (TPSA) is 135 Å². The smallest absolute Gasteiger partial charge is 0.417 e. The number of piperidine rings is 2. The number of piperazine rings is 1. The summed E-state index contributed by atoms with van der Waals surface area (Å²) >= 11 is 0. The summed E-state index contributed by atoms with van der Waals surface area (Å²) < 4.78 is 46.2. The van der Waals surface area contributed by atoms with Crippen LogP contribution in [0.5, 0.6) is 5.75 Å². The fourth-order valence-electron chi connectivity index (χ4n) is 7.68. The molecule has 278 valence electrons. The molecule has 1 unspecified atom stereocenters. The van der Waals surface area contributed by atoms with E-state index < -0.39 is 23.7 Å². The highest BCUT2D eigenvalue weighted by Crippen LogP contribution is 2.36. The Morgan fingerprint density at radius 1 is 0.887 bits per heavy atom.